The van der Waals surface area contributed by atoms with Crippen LogP contribution in [-0.2, 0) is 14.3 Å². The third-order valence-corrected chi connectivity index (χ3v) is 2.06. The molecule has 11 heavy (non-hydrogen) atoms. The first-order valence-corrected chi connectivity index (χ1v) is 3.28. The smallest absolute Gasteiger partial charge is 0.183 e. The van der Waals surface area contributed by atoms with Crippen LogP contribution in [0.1, 0.15) is 0 Å². The summed E-state index contributed by atoms with van der Waals surface area (Å²) in [6.45, 7) is 0. The van der Waals surface area contributed by atoms with Crippen LogP contribution in [0.3, 0.4) is 0 Å². The van der Waals surface area contributed by atoms with Crippen LogP contribution in [0.4, 0.5) is 0 Å². The van der Waals surface area contributed by atoms with Crippen molar-refractivity contribution < 1.29 is 14.3 Å². The fourth-order valence-electron chi connectivity index (χ4n) is 1.29. The molecule has 2 unspecified atom stereocenters. The molecule has 0 saturated carbocycles. The molecule has 0 aromatic rings. The summed E-state index contributed by atoms with van der Waals surface area (Å²) >= 11 is 0. The highest BCUT2D eigenvalue weighted by Gasteiger charge is 2.68. The Bertz CT molecular complexity index is 251. The van der Waals surface area contributed by atoms with Gasteiger partial charge in [-0.15, -0.1) is 0 Å². The second-order valence-electron chi connectivity index (χ2n) is 2.64. The van der Waals surface area contributed by atoms with Crippen LogP contribution >= 0.6 is 0 Å². The molecule has 1 fully saturated rings. The second-order valence-corrected chi connectivity index (χ2v) is 2.64. The number of fused-ring (bicyclic) bond motifs is 1. The zero-order valence-electron chi connectivity index (χ0n) is 5.69. The van der Waals surface area contributed by atoms with E-state index >= 15 is 0 Å². The Labute approximate surface area is 63.3 Å². The van der Waals surface area contributed by atoms with Gasteiger partial charge in [0.25, 0.3) is 0 Å². The fraction of sp³-hybridized carbons (Fsp3) is 0.250. The second kappa shape index (κ2) is 1.68. The Morgan fingerprint density at radius 3 is 1.82 bits per heavy atom. The Kier molecular flexibility index (Phi) is 0.991. The van der Waals surface area contributed by atoms with Gasteiger partial charge in [0.05, 0.1) is 0 Å². The summed E-state index contributed by atoms with van der Waals surface area (Å²) in [5.41, 5.74) is -1.97. The molecule has 2 rings (SSSR count). The maximum Gasteiger partial charge on any atom is 0.183 e. The van der Waals surface area contributed by atoms with Gasteiger partial charge in [0.2, 0.25) is 0 Å². The average Bonchev–Trinajstić information content (AvgIpc) is 2.75. The summed E-state index contributed by atoms with van der Waals surface area (Å²) in [6, 6.07) is 0. The van der Waals surface area contributed by atoms with Crippen LogP contribution in [-0.4, -0.2) is 23.8 Å². The van der Waals surface area contributed by atoms with E-state index in [1.807, 2.05) is 0 Å². The lowest BCUT2D eigenvalue weighted by molar-refractivity contribution is -0.112. The fourth-order valence-corrected chi connectivity index (χ4v) is 1.29. The molecule has 2 atom stereocenters. The molecule has 2 aliphatic rings. The monoisotopic (exact) mass is 150 g/mol. The number of rotatable bonds is 2. The van der Waals surface area contributed by atoms with Crippen molar-refractivity contribution in [2.24, 2.45) is 0 Å². The Morgan fingerprint density at radius 2 is 1.45 bits per heavy atom. The molecule has 56 valence electrons. The molecule has 0 aromatic heterocycles. The van der Waals surface area contributed by atoms with Crippen LogP contribution < -0.4 is 0 Å². The molecule has 1 heterocycles. The minimum atomic E-state index is -0.983. The molecule has 0 amide bonds. The number of aldehydes is 2. The standard InChI is InChI=1S/C8H6O3/c9-5-7-3-1-2-4-8(7,6-10)11-7/h1-6H. The highest BCUT2D eigenvalue weighted by molar-refractivity contribution is 5.90. The van der Waals surface area contributed by atoms with Gasteiger partial charge in [0.15, 0.2) is 23.8 Å². The van der Waals surface area contributed by atoms with Crippen molar-refractivity contribution in [2.75, 3.05) is 0 Å². The SMILES string of the molecule is O=CC12C=CC=CC1(C=O)O2. The predicted molar refractivity (Wildman–Crippen MR) is 37.0 cm³/mol. The van der Waals surface area contributed by atoms with Crippen molar-refractivity contribution in [1.82, 2.24) is 0 Å². The molecule has 1 saturated heterocycles. The number of hydrogen-bond donors (Lipinski definition) is 0. The molecule has 0 bridgehead atoms. The van der Waals surface area contributed by atoms with Crippen LogP contribution in [0.5, 0.6) is 0 Å². The first-order valence-electron chi connectivity index (χ1n) is 3.28. The summed E-state index contributed by atoms with van der Waals surface area (Å²) < 4.78 is 5.04. The minimum Gasteiger partial charge on any atom is -0.337 e. The molecule has 0 aromatic carbocycles. The van der Waals surface area contributed by atoms with Gasteiger partial charge in [-0.3, -0.25) is 9.59 Å². The first-order chi connectivity index (χ1) is 5.29. The molecule has 1 aliphatic heterocycles. The van der Waals surface area contributed by atoms with Gasteiger partial charge in [-0.2, -0.15) is 0 Å². The lowest BCUT2D eigenvalue weighted by Crippen LogP contribution is -2.26. The van der Waals surface area contributed by atoms with Gasteiger partial charge >= 0.3 is 0 Å². The van der Waals surface area contributed by atoms with E-state index in [0.717, 1.165) is 0 Å². The Hall–Kier alpha value is -1.22. The van der Waals surface area contributed by atoms with E-state index in [0.29, 0.717) is 12.6 Å². The van der Waals surface area contributed by atoms with E-state index < -0.39 is 11.2 Å². The summed E-state index contributed by atoms with van der Waals surface area (Å²) in [6.07, 6.45) is 7.89. The third-order valence-electron chi connectivity index (χ3n) is 2.06. The van der Waals surface area contributed by atoms with E-state index in [-0.39, 0.29) is 0 Å². The third kappa shape index (κ3) is 0.563. The normalized spacial score (nSPS) is 44.7. The van der Waals surface area contributed by atoms with Gasteiger partial charge in [0.1, 0.15) is 0 Å². The van der Waals surface area contributed by atoms with Gasteiger partial charge in [0, 0.05) is 0 Å². The molecule has 0 N–H and O–H groups in total. The van der Waals surface area contributed by atoms with E-state index in [9.17, 15) is 9.59 Å². The molecule has 3 heteroatoms. The quantitative estimate of drug-likeness (QED) is 0.411. The first kappa shape index (κ1) is 6.49. The highest BCUT2D eigenvalue weighted by atomic mass is 16.6. The van der Waals surface area contributed by atoms with Gasteiger partial charge < -0.3 is 4.74 Å². The summed E-state index contributed by atoms with van der Waals surface area (Å²) in [4.78, 5) is 21.0. The number of hydrogen-bond acceptors (Lipinski definition) is 3. The van der Waals surface area contributed by atoms with Crippen LogP contribution in [0.15, 0.2) is 24.3 Å². The zero-order valence-corrected chi connectivity index (χ0v) is 5.69. The van der Waals surface area contributed by atoms with Gasteiger partial charge in [-0.05, 0) is 12.2 Å². The molecule has 3 nitrogen and oxygen atoms in total. The van der Waals surface area contributed by atoms with Crippen molar-refractivity contribution in [2.45, 2.75) is 11.2 Å². The Morgan fingerprint density at radius 1 is 1.00 bits per heavy atom. The number of epoxide rings is 1. The molecular weight excluding hydrogens is 144 g/mol. The van der Waals surface area contributed by atoms with Crippen molar-refractivity contribution in [3.05, 3.63) is 24.3 Å². The van der Waals surface area contributed by atoms with Crippen LogP contribution in [0, 0.1) is 0 Å². The van der Waals surface area contributed by atoms with Crippen LogP contribution in [0.2, 0.25) is 0 Å². The predicted octanol–water partition coefficient (Wildman–Crippen LogP) is 0.0180. The number of ether oxygens (including phenoxy) is 1. The van der Waals surface area contributed by atoms with E-state index in [2.05, 4.69) is 0 Å². The molecule has 0 radical (unpaired) electrons. The molecule has 1 aliphatic carbocycles. The maximum atomic E-state index is 10.5. The van der Waals surface area contributed by atoms with E-state index in [1.54, 1.807) is 24.3 Å². The summed E-state index contributed by atoms with van der Waals surface area (Å²) in [5.74, 6) is 0. The topological polar surface area (TPSA) is 46.7 Å². The van der Waals surface area contributed by atoms with Gasteiger partial charge in [-0.25, -0.2) is 0 Å². The lowest BCUT2D eigenvalue weighted by atomic mass is 9.91. The van der Waals surface area contributed by atoms with Gasteiger partial charge in [-0.1, -0.05) is 12.2 Å². The molecular formula is C8H6O3. The molecule has 0 spiro atoms. The lowest BCUT2D eigenvalue weighted by Gasteiger charge is -2.03. The van der Waals surface area contributed by atoms with Crippen molar-refractivity contribution in [1.29, 1.82) is 0 Å². The number of carbonyl (C=O) groups is 2. The van der Waals surface area contributed by atoms with Crippen molar-refractivity contribution >= 4 is 12.6 Å². The van der Waals surface area contributed by atoms with E-state index in [4.69, 9.17) is 4.74 Å². The van der Waals surface area contributed by atoms with Crippen LogP contribution in [0.25, 0.3) is 0 Å². The highest BCUT2D eigenvalue weighted by Crippen LogP contribution is 2.49. The maximum absolute atomic E-state index is 10.5. The number of carbonyl (C=O) groups excluding carboxylic acids is 2. The largest absolute Gasteiger partial charge is 0.337 e. The zero-order chi connectivity index (χ0) is 7.95. The summed E-state index contributed by atoms with van der Waals surface area (Å²) in [7, 11) is 0. The number of allylic oxidation sites excluding steroid dienone is 2. The average molecular weight is 150 g/mol. The van der Waals surface area contributed by atoms with E-state index in [1.165, 1.54) is 0 Å². The Balaban J connectivity index is 2.43. The minimum absolute atomic E-state index is 0.654. The van der Waals surface area contributed by atoms with Crippen molar-refractivity contribution in [3.63, 3.8) is 0 Å². The van der Waals surface area contributed by atoms with Crippen molar-refractivity contribution in [3.8, 4) is 0 Å². The summed E-state index contributed by atoms with van der Waals surface area (Å²) in [5, 5.41) is 0.